The summed E-state index contributed by atoms with van der Waals surface area (Å²) < 4.78 is 0. The Kier molecular flexibility index (Phi) is 4.03. The predicted octanol–water partition coefficient (Wildman–Crippen LogP) is 0.120. The topological polar surface area (TPSA) is 41.1 Å². The van der Waals surface area contributed by atoms with Gasteiger partial charge < -0.3 is 10.6 Å². The highest BCUT2D eigenvalue weighted by molar-refractivity contribution is 5.45. The minimum atomic E-state index is 0.143. The lowest BCUT2D eigenvalue weighted by Crippen LogP contribution is -2.39. The maximum Gasteiger partial charge on any atom is 0.207 e. The fourth-order valence-electron chi connectivity index (χ4n) is 0.569. The van der Waals surface area contributed by atoms with Gasteiger partial charge in [-0.15, -0.1) is 0 Å². The van der Waals surface area contributed by atoms with Crippen LogP contribution >= 0.6 is 0 Å². The fraction of sp³-hybridized carbons (Fsp3) is 0.857. The van der Waals surface area contributed by atoms with Crippen LogP contribution in [0, 0.1) is 0 Å². The maximum atomic E-state index is 9.79. The second kappa shape index (κ2) is 4.28. The van der Waals surface area contributed by atoms with Crippen LogP contribution in [0.15, 0.2) is 0 Å². The lowest BCUT2D eigenvalue weighted by molar-refractivity contribution is -0.109. The number of hydrogen-bond acceptors (Lipinski definition) is 2. The van der Waals surface area contributed by atoms with Gasteiger partial charge >= 0.3 is 0 Å². The zero-order valence-corrected chi connectivity index (χ0v) is 6.90. The average molecular weight is 144 g/mol. The van der Waals surface area contributed by atoms with Gasteiger partial charge in [-0.25, -0.2) is 0 Å². The third-order valence-corrected chi connectivity index (χ3v) is 1.01. The largest absolute Gasteiger partial charge is 0.357 e. The van der Waals surface area contributed by atoms with E-state index in [0.29, 0.717) is 13.0 Å². The fourth-order valence-corrected chi connectivity index (χ4v) is 0.569. The highest BCUT2D eigenvalue weighted by Gasteiger charge is 2.06. The van der Waals surface area contributed by atoms with Crippen LogP contribution in [0.1, 0.15) is 20.8 Å². The van der Waals surface area contributed by atoms with E-state index >= 15 is 0 Å². The molecule has 0 aliphatic carbocycles. The summed E-state index contributed by atoms with van der Waals surface area (Å²) in [5, 5.41) is 5.81. The molecule has 0 bridgehead atoms. The third-order valence-electron chi connectivity index (χ3n) is 1.01. The Balaban J connectivity index is 3.12. The summed E-state index contributed by atoms with van der Waals surface area (Å²) in [6, 6.07) is 0. The smallest absolute Gasteiger partial charge is 0.207 e. The highest BCUT2D eigenvalue weighted by Crippen LogP contribution is 1.95. The molecule has 3 nitrogen and oxygen atoms in total. The van der Waals surface area contributed by atoms with E-state index in [1.807, 2.05) is 0 Å². The van der Waals surface area contributed by atoms with Crippen molar-refractivity contribution in [3.63, 3.8) is 0 Å². The van der Waals surface area contributed by atoms with Crippen LogP contribution in [0.3, 0.4) is 0 Å². The molecule has 3 heteroatoms. The van der Waals surface area contributed by atoms with E-state index in [1.54, 1.807) is 0 Å². The molecule has 0 radical (unpaired) electrons. The molecule has 1 amide bonds. The van der Waals surface area contributed by atoms with Crippen LogP contribution in [0.25, 0.3) is 0 Å². The van der Waals surface area contributed by atoms with Crippen molar-refractivity contribution in [3.05, 3.63) is 0 Å². The van der Waals surface area contributed by atoms with Crippen molar-refractivity contribution >= 4 is 6.41 Å². The molecule has 0 spiro atoms. The summed E-state index contributed by atoms with van der Waals surface area (Å²) in [4.78, 5) is 9.79. The van der Waals surface area contributed by atoms with Gasteiger partial charge in [0, 0.05) is 18.6 Å². The molecular weight excluding hydrogens is 128 g/mol. The van der Waals surface area contributed by atoms with Gasteiger partial charge in [0.1, 0.15) is 0 Å². The number of nitrogens with one attached hydrogen (secondary N) is 2. The molecule has 0 rings (SSSR count). The van der Waals surface area contributed by atoms with Crippen LogP contribution < -0.4 is 10.6 Å². The summed E-state index contributed by atoms with van der Waals surface area (Å²) in [6.45, 7) is 7.79. The summed E-state index contributed by atoms with van der Waals surface area (Å²) in [5.74, 6) is 0. The normalized spacial score (nSPS) is 11.1. The van der Waals surface area contributed by atoms with Crippen LogP contribution in [-0.4, -0.2) is 25.0 Å². The number of amides is 1. The maximum absolute atomic E-state index is 9.79. The molecule has 10 heavy (non-hydrogen) atoms. The van der Waals surface area contributed by atoms with Crippen LogP contribution in [0.5, 0.6) is 0 Å². The molecular formula is C7H16N2O. The van der Waals surface area contributed by atoms with E-state index in [0.717, 1.165) is 6.54 Å². The monoisotopic (exact) mass is 144 g/mol. The van der Waals surface area contributed by atoms with Crippen LogP contribution in [-0.2, 0) is 4.79 Å². The van der Waals surface area contributed by atoms with Crippen molar-refractivity contribution in [3.8, 4) is 0 Å². The molecule has 0 aliphatic heterocycles. The lowest BCUT2D eigenvalue weighted by atomic mass is 10.1. The Morgan fingerprint density at radius 3 is 2.30 bits per heavy atom. The molecule has 2 N–H and O–H groups in total. The van der Waals surface area contributed by atoms with Crippen LogP contribution in [0.2, 0.25) is 0 Å². The van der Waals surface area contributed by atoms with E-state index in [2.05, 4.69) is 31.4 Å². The van der Waals surface area contributed by atoms with Gasteiger partial charge in [-0.05, 0) is 20.8 Å². The molecule has 60 valence electrons. The second-order valence-corrected chi connectivity index (χ2v) is 3.25. The van der Waals surface area contributed by atoms with Crippen molar-refractivity contribution < 1.29 is 4.79 Å². The summed E-state index contributed by atoms with van der Waals surface area (Å²) in [7, 11) is 0. The van der Waals surface area contributed by atoms with Gasteiger partial charge in [0.25, 0.3) is 0 Å². The molecule has 0 saturated heterocycles. The zero-order chi connectivity index (χ0) is 8.04. The molecule has 0 aromatic carbocycles. The van der Waals surface area contributed by atoms with Crippen molar-refractivity contribution in [2.45, 2.75) is 26.3 Å². The van der Waals surface area contributed by atoms with E-state index in [1.165, 1.54) is 0 Å². The van der Waals surface area contributed by atoms with E-state index in [4.69, 9.17) is 0 Å². The molecule has 0 aliphatic rings. The Morgan fingerprint density at radius 1 is 1.30 bits per heavy atom. The Labute approximate surface area is 62.2 Å². The standard InChI is InChI=1S/C7H16N2O/c1-7(2,3)9-5-4-8-6-10/h6,9H,4-5H2,1-3H3,(H,8,10). The lowest BCUT2D eigenvalue weighted by Gasteiger charge is -2.19. The quantitative estimate of drug-likeness (QED) is 0.434. The number of hydrogen-bond donors (Lipinski definition) is 2. The number of rotatable bonds is 4. The van der Waals surface area contributed by atoms with Crippen molar-refractivity contribution in [1.82, 2.24) is 10.6 Å². The molecule has 0 atom stereocenters. The van der Waals surface area contributed by atoms with E-state index in [-0.39, 0.29) is 5.54 Å². The van der Waals surface area contributed by atoms with Gasteiger partial charge in [-0.3, -0.25) is 4.79 Å². The minimum absolute atomic E-state index is 0.143. The van der Waals surface area contributed by atoms with Gasteiger partial charge in [0.15, 0.2) is 0 Å². The summed E-state index contributed by atoms with van der Waals surface area (Å²) in [5.41, 5.74) is 0.143. The second-order valence-electron chi connectivity index (χ2n) is 3.25. The minimum Gasteiger partial charge on any atom is -0.357 e. The third kappa shape index (κ3) is 7.43. The molecule has 0 aromatic rings. The highest BCUT2D eigenvalue weighted by atomic mass is 16.1. The number of carbonyl (C=O) groups is 1. The SMILES string of the molecule is CC(C)(C)NCCNC=O. The van der Waals surface area contributed by atoms with E-state index in [9.17, 15) is 4.79 Å². The molecule has 0 fully saturated rings. The first-order valence-corrected chi connectivity index (χ1v) is 3.48. The summed E-state index contributed by atoms with van der Waals surface area (Å²) in [6.07, 6.45) is 0.713. The van der Waals surface area contributed by atoms with Gasteiger partial charge in [-0.1, -0.05) is 0 Å². The predicted molar refractivity (Wildman–Crippen MR) is 41.8 cm³/mol. The summed E-state index contributed by atoms with van der Waals surface area (Å²) >= 11 is 0. The first kappa shape index (κ1) is 9.43. The first-order chi connectivity index (χ1) is 4.56. The van der Waals surface area contributed by atoms with Crippen LogP contribution in [0.4, 0.5) is 0 Å². The van der Waals surface area contributed by atoms with Crippen molar-refractivity contribution in [2.75, 3.05) is 13.1 Å². The zero-order valence-electron chi connectivity index (χ0n) is 6.90. The Hall–Kier alpha value is -0.570. The Morgan fingerprint density at radius 2 is 1.90 bits per heavy atom. The average Bonchev–Trinajstić information content (AvgIpc) is 1.78. The molecule has 0 saturated carbocycles. The van der Waals surface area contributed by atoms with Crippen molar-refractivity contribution in [2.24, 2.45) is 0 Å². The van der Waals surface area contributed by atoms with Crippen molar-refractivity contribution in [1.29, 1.82) is 0 Å². The Bertz CT molecular complexity index is 96.3. The van der Waals surface area contributed by atoms with Gasteiger partial charge in [0.2, 0.25) is 6.41 Å². The van der Waals surface area contributed by atoms with E-state index < -0.39 is 0 Å². The molecule has 0 aromatic heterocycles. The molecule has 0 heterocycles. The molecule has 0 unspecified atom stereocenters. The van der Waals surface area contributed by atoms with Gasteiger partial charge in [0.05, 0.1) is 0 Å². The number of carbonyl (C=O) groups excluding carboxylic acids is 1. The first-order valence-electron chi connectivity index (χ1n) is 3.48. The van der Waals surface area contributed by atoms with Gasteiger partial charge in [-0.2, -0.15) is 0 Å².